The molecule has 5 heteroatoms. The quantitative estimate of drug-likeness (QED) is 0.436. The molecule has 3 N–H and O–H groups in total. The molecule has 0 radical (unpaired) electrons. The van der Waals surface area contributed by atoms with Gasteiger partial charge in [0.1, 0.15) is 6.04 Å². The Balaban J connectivity index is 2.13. The fraction of sp³-hybridized carbons (Fsp3) is 0.778. The number of hydrogen-bond acceptors (Lipinski definition) is 3. The van der Waals surface area contributed by atoms with E-state index in [4.69, 9.17) is 5.11 Å². The molecule has 1 saturated heterocycles. The smallest absolute Gasteiger partial charge is 0.322 e. The molecule has 1 aliphatic heterocycles. The van der Waals surface area contributed by atoms with E-state index in [0.29, 0.717) is 6.42 Å². The van der Waals surface area contributed by atoms with Gasteiger partial charge in [-0.05, 0) is 19.8 Å². The molecule has 0 aliphatic carbocycles. The van der Waals surface area contributed by atoms with Gasteiger partial charge in [-0.2, -0.15) is 0 Å². The van der Waals surface area contributed by atoms with E-state index in [1.807, 2.05) is 0 Å². The lowest BCUT2D eigenvalue weighted by Gasteiger charge is -2.07. The molecule has 2 unspecified atom stereocenters. The molecule has 14 heavy (non-hydrogen) atoms. The number of carbonyl (C=O) groups is 2. The number of urea groups is 1. The van der Waals surface area contributed by atoms with E-state index < -0.39 is 6.03 Å². The maximum atomic E-state index is 11.1. The first-order valence-corrected chi connectivity index (χ1v) is 4.89. The summed E-state index contributed by atoms with van der Waals surface area (Å²) in [7, 11) is 0. The van der Waals surface area contributed by atoms with Crippen molar-refractivity contribution >= 4 is 11.9 Å². The molecule has 0 aromatic heterocycles. The van der Waals surface area contributed by atoms with Gasteiger partial charge < -0.3 is 10.4 Å². The Morgan fingerprint density at radius 1 is 1.43 bits per heavy atom. The van der Waals surface area contributed by atoms with E-state index in [1.54, 1.807) is 6.92 Å². The second kappa shape index (κ2) is 4.95. The van der Waals surface area contributed by atoms with E-state index in [1.165, 1.54) is 0 Å². The van der Waals surface area contributed by atoms with Gasteiger partial charge in [0.25, 0.3) is 5.91 Å². The van der Waals surface area contributed by atoms with Gasteiger partial charge >= 0.3 is 6.03 Å². The van der Waals surface area contributed by atoms with Gasteiger partial charge in [0, 0.05) is 0 Å². The summed E-state index contributed by atoms with van der Waals surface area (Å²) in [5, 5.41) is 13.7. The molecule has 1 aliphatic rings. The lowest BCUT2D eigenvalue weighted by atomic mass is 10.1. The highest BCUT2D eigenvalue weighted by Crippen LogP contribution is 2.08. The number of imide groups is 1. The Hall–Kier alpha value is -1.10. The molecule has 5 nitrogen and oxygen atoms in total. The molecule has 1 heterocycles. The van der Waals surface area contributed by atoms with Crippen molar-refractivity contribution in [3.8, 4) is 0 Å². The molecule has 0 bridgehead atoms. The van der Waals surface area contributed by atoms with Gasteiger partial charge in [-0.15, -0.1) is 0 Å². The third-order valence-electron chi connectivity index (χ3n) is 2.22. The lowest BCUT2D eigenvalue weighted by Crippen LogP contribution is -2.28. The van der Waals surface area contributed by atoms with Crippen LogP contribution in [0.4, 0.5) is 4.79 Å². The highest BCUT2D eigenvalue weighted by atomic mass is 16.3. The minimum absolute atomic E-state index is 0.243. The number of aliphatic hydroxyl groups excluding tert-OH is 1. The van der Waals surface area contributed by atoms with Crippen LogP contribution in [-0.4, -0.2) is 29.2 Å². The summed E-state index contributed by atoms with van der Waals surface area (Å²) >= 11 is 0. The number of unbranched alkanes of at least 4 members (excludes halogenated alkanes) is 1. The van der Waals surface area contributed by atoms with Gasteiger partial charge in [-0.25, -0.2) is 4.79 Å². The van der Waals surface area contributed by atoms with Crippen molar-refractivity contribution in [2.45, 2.75) is 44.8 Å². The second-order valence-corrected chi connectivity index (χ2v) is 3.65. The van der Waals surface area contributed by atoms with E-state index in [9.17, 15) is 9.59 Å². The average molecular weight is 200 g/mol. The normalized spacial score (nSPS) is 23.1. The van der Waals surface area contributed by atoms with Gasteiger partial charge in [-0.1, -0.05) is 12.8 Å². The Labute approximate surface area is 82.9 Å². The summed E-state index contributed by atoms with van der Waals surface area (Å²) in [5.41, 5.74) is 0. The molecule has 80 valence electrons. The van der Waals surface area contributed by atoms with Crippen molar-refractivity contribution in [1.82, 2.24) is 10.6 Å². The SMILES string of the molecule is CC(O)CCCCC1NC(=O)NC1=O. The van der Waals surface area contributed by atoms with Crippen LogP contribution in [0.25, 0.3) is 0 Å². The van der Waals surface area contributed by atoms with Gasteiger partial charge in [0.05, 0.1) is 6.10 Å². The minimum atomic E-state index is -0.407. The minimum Gasteiger partial charge on any atom is -0.393 e. The van der Waals surface area contributed by atoms with Crippen molar-refractivity contribution in [2.24, 2.45) is 0 Å². The molecule has 3 amide bonds. The van der Waals surface area contributed by atoms with Crippen LogP contribution in [0.5, 0.6) is 0 Å². The summed E-state index contributed by atoms with van der Waals surface area (Å²) in [6, 6.07) is -0.785. The van der Waals surface area contributed by atoms with Crippen LogP contribution < -0.4 is 10.6 Å². The first-order chi connectivity index (χ1) is 6.59. The van der Waals surface area contributed by atoms with E-state index in [0.717, 1.165) is 19.3 Å². The number of aliphatic hydroxyl groups is 1. The van der Waals surface area contributed by atoms with Crippen LogP contribution in [0, 0.1) is 0 Å². The highest BCUT2D eigenvalue weighted by Gasteiger charge is 2.28. The topological polar surface area (TPSA) is 78.4 Å². The number of nitrogens with one attached hydrogen (secondary N) is 2. The van der Waals surface area contributed by atoms with Crippen LogP contribution >= 0.6 is 0 Å². The van der Waals surface area contributed by atoms with E-state index in [-0.39, 0.29) is 18.1 Å². The Kier molecular flexibility index (Phi) is 3.88. The largest absolute Gasteiger partial charge is 0.393 e. The predicted octanol–water partition coefficient (Wildman–Crippen LogP) is 0.136. The Morgan fingerprint density at radius 2 is 2.14 bits per heavy atom. The molecule has 1 fully saturated rings. The maximum absolute atomic E-state index is 11.1. The number of rotatable bonds is 5. The van der Waals surface area contributed by atoms with Crippen molar-refractivity contribution in [3.05, 3.63) is 0 Å². The molecule has 0 saturated carbocycles. The summed E-state index contributed by atoms with van der Waals surface area (Å²) in [5.74, 6) is -0.243. The molecule has 0 aromatic rings. The molecular formula is C9H16N2O3. The number of hydrogen-bond donors (Lipinski definition) is 3. The first kappa shape index (κ1) is 11.0. The van der Waals surface area contributed by atoms with Crippen LogP contribution in [0.15, 0.2) is 0 Å². The molecular weight excluding hydrogens is 184 g/mol. The van der Waals surface area contributed by atoms with Gasteiger partial charge in [0.2, 0.25) is 0 Å². The molecule has 0 aromatic carbocycles. The van der Waals surface area contributed by atoms with Crippen LogP contribution in [0.1, 0.15) is 32.6 Å². The highest BCUT2D eigenvalue weighted by molar-refractivity contribution is 6.04. The van der Waals surface area contributed by atoms with Crippen LogP contribution in [0.3, 0.4) is 0 Å². The fourth-order valence-electron chi connectivity index (χ4n) is 1.45. The van der Waals surface area contributed by atoms with Crippen molar-refractivity contribution in [2.75, 3.05) is 0 Å². The zero-order chi connectivity index (χ0) is 10.6. The summed E-state index contributed by atoms with van der Waals surface area (Å²) in [6.45, 7) is 1.74. The summed E-state index contributed by atoms with van der Waals surface area (Å²) < 4.78 is 0. The zero-order valence-corrected chi connectivity index (χ0v) is 8.25. The number of carbonyl (C=O) groups excluding carboxylic acids is 2. The monoisotopic (exact) mass is 200 g/mol. The lowest BCUT2D eigenvalue weighted by molar-refractivity contribution is -0.120. The molecule has 1 rings (SSSR count). The zero-order valence-electron chi connectivity index (χ0n) is 8.25. The maximum Gasteiger partial charge on any atom is 0.322 e. The van der Waals surface area contributed by atoms with E-state index >= 15 is 0 Å². The Morgan fingerprint density at radius 3 is 2.64 bits per heavy atom. The Bertz CT molecular complexity index is 228. The second-order valence-electron chi connectivity index (χ2n) is 3.65. The molecule has 2 atom stereocenters. The first-order valence-electron chi connectivity index (χ1n) is 4.89. The summed E-state index contributed by atoms with van der Waals surface area (Å²) in [6.07, 6.45) is 2.80. The van der Waals surface area contributed by atoms with Crippen LogP contribution in [0.2, 0.25) is 0 Å². The fourth-order valence-corrected chi connectivity index (χ4v) is 1.45. The van der Waals surface area contributed by atoms with Crippen molar-refractivity contribution in [1.29, 1.82) is 0 Å². The number of amides is 3. The standard InChI is InChI=1S/C9H16N2O3/c1-6(12)4-2-3-5-7-8(13)11-9(14)10-7/h6-7,12H,2-5H2,1H3,(H2,10,11,13,14). The van der Waals surface area contributed by atoms with Crippen molar-refractivity contribution < 1.29 is 14.7 Å². The van der Waals surface area contributed by atoms with Gasteiger partial charge in [0.15, 0.2) is 0 Å². The predicted molar refractivity (Wildman–Crippen MR) is 50.6 cm³/mol. The van der Waals surface area contributed by atoms with Gasteiger partial charge in [-0.3, -0.25) is 10.1 Å². The average Bonchev–Trinajstić information content (AvgIpc) is 2.39. The molecule has 0 spiro atoms. The van der Waals surface area contributed by atoms with Crippen LogP contribution in [-0.2, 0) is 4.79 Å². The summed E-state index contributed by atoms with van der Waals surface area (Å²) in [4.78, 5) is 21.8. The van der Waals surface area contributed by atoms with E-state index in [2.05, 4.69) is 10.6 Å². The third-order valence-corrected chi connectivity index (χ3v) is 2.22. The van der Waals surface area contributed by atoms with Crippen molar-refractivity contribution in [3.63, 3.8) is 0 Å². The third kappa shape index (κ3) is 3.33.